The van der Waals surface area contributed by atoms with Crippen molar-refractivity contribution >= 4 is 22.7 Å². The monoisotopic (exact) mass is 456 g/mol. The van der Waals surface area contributed by atoms with E-state index in [-0.39, 0.29) is 11.8 Å². The Morgan fingerprint density at radius 2 is 1.65 bits per heavy atom. The molecule has 2 saturated heterocycles. The van der Waals surface area contributed by atoms with Gasteiger partial charge in [0.25, 0.3) is 5.91 Å². The predicted molar refractivity (Wildman–Crippen MR) is 135 cm³/mol. The Morgan fingerprint density at radius 3 is 2.41 bits per heavy atom. The summed E-state index contributed by atoms with van der Waals surface area (Å²) in [7, 11) is 0. The van der Waals surface area contributed by atoms with Crippen molar-refractivity contribution in [3.8, 4) is 11.3 Å². The predicted octanol–water partition coefficient (Wildman–Crippen LogP) is 4.06. The zero-order valence-electron chi connectivity index (χ0n) is 19.8. The van der Waals surface area contributed by atoms with Crippen LogP contribution >= 0.6 is 0 Å². The molecule has 176 valence electrons. The molecule has 34 heavy (non-hydrogen) atoms. The van der Waals surface area contributed by atoms with Crippen LogP contribution in [0.5, 0.6) is 0 Å². The number of carbonyl (C=O) groups is 2. The summed E-state index contributed by atoms with van der Waals surface area (Å²) in [4.78, 5) is 37.4. The highest BCUT2D eigenvalue weighted by Crippen LogP contribution is 2.26. The number of likely N-dealkylation sites (tertiary alicyclic amines) is 1. The van der Waals surface area contributed by atoms with Crippen LogP contribution < -0.4 is 0 Å². The van der Waals surface area contributed by atoms with E-state index in [0.29, 0.717) is 44.3 Å². The van der Waals surface area contributed by atoms with E-state index in [4.69, 9.17) is 4.98 Å². The molecule has 0 radical (unpaired) electrons. The Labute approximate surface area is 201 Å². The molecule has 0 N–H and O–H groups in total. The van der Waals surface area contributed by atoms with Gasteiger partial charge in [0.15, 0.2) is 0 Å². The van der Waals surface area contributed by atoms with Gasteiger partial charge in [0, 0.05) is 49.7 Å². The lowest BCUT2D eigenvalue weighted by Crippen LogP contribution is -2.53. The van der Waals surface area contributed by atoms with Crippen molar-refractivity contribution in [2.24, 2.45) is 0 Å². The van der Waals surface area contributed by atoms with Crippen LogP contribution in [0.3, 0.4) is 0 Å². The van der Waals surface area contributed by atoms with Gasteiger partial charge in [-0.1, -0.05) is 48.5 Å². The first-order chi connectivity index (χ1) is 16.6. The number of piperidine rings is 1. The summed E-state index contributed by atoms with van der Waals surface area (Å²) in [5, 5.41) is 0.879. The molecule has 2 amide bonds. The summed E-state index contributed by atoms with van der Waals surface area (Å²) < 4.78 is 0. The average Bonchev–Trinajstić information content (AvgIpc) is 2.89. The fourth-order valence-corrected chi connectivity index (χ4v) is 5.14. The molecule has 3 heterocycles. The number of amides is 2. The minimum Gasteiger partial charge on any atom is -0.339 e. The highest BCUT2D eigenvalue weighted by atomic mass is 16.2. The van der Waals surface area contributed by atoms with Gasteiger partial charge in [-0.25, -0.2) is 4.98 Å². The first-order valence-electron chi connectivity index (χ1n) is 12.4. The number of rotatable bonds is 4. The van der Waals surface area contributed by atoms with Crippen molar-refractivity contribution in [3.63, 3.8) is 0 Å². The molecule has 1 aromatic heterocycles. The molecule has 3 aromatic rings. The van der Waals surface area contributed by atoms with Crippen molar-refractivity contribution in [1.82, 2.24) is 19.7 Å². The number of nitrogens with zero attached hydrogens (tertiary/aromatic N) is 4. The quantitative estimate of drug-likeness (QED) is 0.594. The third-order valence-electron chi connectivity index (χ3n) is 7.16. The van der Waals surface area contributed by atoms with Crippen LogP contribution in [-0.2, 0) is 4.79 Å². The van der Waals surface area contributed by atoms with Gasteiger partial charge in [-0.15, -0.1) is 0 Å². The van der Waals surface area contributed by atoms with Crippen LogP contribution in [-0.4, -0.2) is 76.8 Å². The first kappa shape index (κ1) is 22.5. The van der Waals surface area contributed by atoms with Crippen LogP contribution in [0.1, 0.15) is 36.5 Å². The molecule has 2 fully saturated rings. The largest absolute Gasteiger partial charge is 0.339 e. The summed E-state index contributed by atoms with van der Waals surface area (Å²) in [5.74, 6) is 0.256. The van der Waals surface area contributed by atoms with E-state index in [1.165, 1.54) is 6.42 Å². The van der Waals surface area contributed by atoms with Crippen molar-refractivity contribution in [3.05, 3.63) is 66.2 Å². The first-order valence-corrected chi connectivity index (χ1v) is 12.4. The van der Waals surface area contributed by atoms with E-state index in [1.807, 2.05) is 70.5 Å². The second kappa shape index (κ2) is 9.94. The van der Waals surface area contributed by atoms with E-state index in [0.717, 1.165) is 41.5 Å². The zero-order valence-corrected chi connectivity index (χ0v) is 19.8. The summed E-state index contributed by atoms with van der Waals surface area (Å²) >= 11 is 0. The lowest BCUT2D eigenvalue weighted by Gasteiger charge is -2.38. The molecule has 1 atom stereocenters. The third-order valence-corrected chi connectivity index (χ3v) is 7.16. The van der Waals surface area contributed by atoms with Crippen molar-refractivity contribution in [2.75, 3.05) is 39.3 Å². The Balaban J connectivity index is 1.30. The van der Waals surface area contributed by atoms with Crippen molar-refractivity contribution in [1.29, 1.82) is 0 Å². The lowest BCUT2D eigenvalue weighted by atomic mass is 10.0. The molecule has 2 aliphatic rings. The topological polar surface area (TPSA) is 56.8 Å². The molecule has 0 bridgehead atoms. The van der Waals surface area contributed by atoms with Gasteiger partial charge in [0.2, 0.25) is 5.91 Å². The molecule has 0 aliphatic carbocycles. The Morgan fingerprint density at radius 1 is 0.912 bits per heavy atom. The molecule has 6 heteroatoms. The van der Waals surface area contributed by atoms with E-state index < -0.39 is 0 Å². The molecular formula is C28H32N4O2. The summed E-state index contributed by atoms with van der Waals surface area (Å²) in [6.45, 7) is 6.15. The zero-order chi connectivity index (χ0) is 23.5. The molecule has 2 aromatic carbocycles. The summed E-state index contributed by atoms with van der Waals surface area (Å²) in [6, 6.07) is 20.1. The second-order valence-corrected chi connectivity index (χ2v) is 9.44. The normalized spacial score (nSPS) is 19.4. The highest BCUT2D eigenvalue weighted by molar-refractivity contribution is 6.07. The smallest absolute Gasteiger partial charge is 0.254 e. The number of fused-ring (bicyclic) bond motifs is 1. The maximum Gasteiger partial charge on any atom is 0.254 e. The molecule has 1 unspecified atom stereocenters. The number of hydrogen-bond acceptors (Lipinski definition) is 4. The standard InChI is InChI=1S/C28H32N4O2/c1-21-9-7-8-14-32(21)27(33)20-30-15-17-31(18-16-30)28(34)24-19-26(22-10-3-2-4-11-22)29-25-13-6-5-12-23(24)25/h2-6,10-13,19,21H,7-9,14-18,20H2,1H3. The Hall–Kier alpha value is -3.25. The van der Waals surface area contributed by atoms with Gasteiger partial charge in [-0.3, -0.25) is 14.5 Å². The number of pyridine rings is 1. The third kappa shape index (κ3) is 4.68. The van der Waals surface area contributed by atoms with Crippen LogP contribution in [0.15, 0.2) is 60.7 Å². The minimum absolute atomic E-state index is 0.0337. The maximum absolute atomic E-state index is 13.6. The van der Waals surface area contributed by atoms with Gasteiger partial charge >= 0.3 is 0 Å². The van der Waals surface area contributed by atoms with E-state index in [9.17, 15) is 9.59 Å². The number of aromatic nitrogens is 1. The van der Waals surface area contributed by atoms with E-state index in [1.54, 1.807) is 0 Å². The molecular weight excluding hydrogens is 424 g/mol. The molecule has 6 nitrogen and oxygen atoms in total. The molecule has 0 saturated carbocycles. The number of benzene rings is 2. The Bertz CT molecular complexity index is 1170. The summed E-state index contributed by atoms with van der Waals surface area (Å²) in [6.07, 6.45) is 3.41. The SMILES string of the molecule is CC1CCCCN1C(=O)CN1CCN(C(=O)c2cc(-c3ccccc3)nc3ccccc23)CC1. The molecule has 2 aliphatic heterocycles. The van der Waals surface area contributed by atoms with Gasteiger partial charge in [-0.05, 0) is 38.3 Å². The van der Waals surface area contributed by atoms with Crippen molar-refractivity contribution in [2.45, 2.75) is 32.2 Å². The van der Waals surface area contributed by atoms with E-state index in [2.05, 4.69) is 11.8 Å². The summed E-state index contributed by atoms with van der Waals surface area (Å²) in [5.41, 5.74) is 3.32. The van der Waals surface area contributed by atoms with Gasteiger partial charge < -0.3 is 9.80 Å². The maximum atomic E-state index is 13.6. The highest BCUT2D eigenvalue weighted by Gasteiger charge is 2.28. The lowest BCUT2D eigenvalue weighted by molar-refractivity contribution is -0.136. The van der Waals surface area contributed by atoms with Gasteiger partial charge in [-0.2, -0.15) is 0 Å². The van der Waals surface area contributed by atoms with Crippen LogP contribution in [0.25, 0.3) is 22.2 Å². The van der Waals surface area contributed by atoms with E-state index >= 15 is 0 Å². The number of para-hydroxylation sites is 1. The number of hydrogen-bond donors (Lipinski definition) is 0. The fourth-order valence-electron chi connectivity index (χ4n) is 5.14. The Kier molecular flexibility index (Phi) is 6.59. The molecule has 5 rings (SSSR count). The average molecular weight is 457 g/mol. The van der Waals surface area contributed by atoms with Crippen LogP contribution in [0.2, 0.25) is 0 Å². The second-order valence-electron chi connectivity index (χ2n) is 9.44. The molecule has 0 spiro atoms. The van der Waals surface area contributed by atoms with Crippen molar-refractivity contribution < 1.29 is 9.59 Å². The number of piperazine rings is 1. The van der Waals surface area contributed by atoms with Crippen LogP contribution in [0.4, 0.5) is 0 Å². The van der Waals surface area contributed by atoms with Gasteiger partial charge in [0.05, 0.1) is 23.3 Å². The van der Waals surface area contributed by atoms with Gasteiger partial charge in [0.1, 0.15) is 0 Å². The fraction of sp³-hybridized carbons (Fsp3) is 0.393. The van der Waals surface area contributed by atoms with Crippen LogP contribution in [0, 0.1) is 0 Å². The minimum atomic E-state index is 0.0337. The number of carbonyl (C=O) groups excluding carboxylic acids is 2.